The zero-order valence-electron chi connectivity index (χ0n) is 13.4. The molecule has 1 atom stereocenters. The molecule has 1 aromatic carbocycles. The number of carbonyl (C=O) groups is 2. The minimum Gasteiger partial charge on any atom is -0.345 e. The first-order chi connectivity index (χ1) is 10.5. The van der Waals surface area contributed by atoms with Crippen LogP contribution in [0.25, 0.3) is 0 Å². The maximum Gasteiger partial charge on any atom is 0.256 e. The highest BCUT2D eigenvalue weighted by atomic mass is 35.5. The summed E-state index contributed by atoms with van der Waals surface area (Å²) in [5.41, 5.74) is 0.406. The Morgan fingerprint density at radius 1 is 1.39 bits per heavy atom. The molecule has 0 bridgehead atoms. The van der Waals surface area contributed by atoms with Crippen LogP contribution in [0, 0.1) is 11.7 Å². The molecule has 0 saturated carbocycles. The van der Waals surface area contributed by atoms with Crippen molar-refractivity contribution >= 4 is 29.9 Å². The molecular formula is C16H23ClFN3O2. The van der Waals surface area contributed by atoms with Gasteiger partial charge in [0.25, 0.3) is 5.91 Å². The van der Waals surface area contributed by atoms with Crippen molar-refractivity contribution in [3.05, 3.63) is 29.6 Å². The molecule has 1 heterocycles. The number of nitrogens with zero attached hydrogens (tertiary/aromatic N) is 1. The average Bonchev–Trinajstić information content (AvgIpc) is 2.99. The average molecular weight is 344 g/mol. The Kier molecular flexibility index (Phi) is 7.45. The van der Waals surface area contributed by atoms with E-state index in [4.69, 9.17) is 0 Å². The minimum atomic E-state index is -0.589. The van der Waals surface area contributed by atoms with Crippen molar-refractivity contribution in [2.75, 3.05) is 32.5 Å². The number of nitrogens with one attached hydrogen (secondary N) is 2. The van der Waals surface area contributed by atoms with Gasteiger partial charge in [-0.1, -0.05) is 0 Å². The maximum atomic E-state index is 13.7. The molecule has 2 amide bonds. The summed E-state index contributed by atoms with van der Waals surface area (Å²) in [4.78, 5) is 25.1. The van der Waals surface area contributed by atoms with Crippen LogP contribution in [0.3, 0.4) is 0 Å². The predicted molar refractivity (Wildman–Crippen MR) is 90.5 cm³/mol. The van der Waals surface area contributed by atoms with E-state index in [0.29, 0.717) is 18.0 Å². The Balaban J connectivity index is 0.00000264. The molecule has 0 radical (unpaired) electrons. The van der Waals surface area contributed by atoms with Crippen molar-refractivity contribution in [2.24, 2.45) is 5.92 Å². The summed E-state index contributed by atoms with van der Waals surface area (Å²) in [5.74, 6) is -0.578. The maximum absolute atomic E-state index is 13.7. The predicted octanol–water partition coefficient (Wildman–Crippen LogP) is 2.28. The fourth-order valence-corrected chi connectivity index (χ4v) is 2.53. The van der Waals surface area contributed by atoms with Gasteiger partial charge in [-0.25, -0.2) is 4.39 Å². The Morgan fingerprint density at radius 2 is 2.13 bits per heavy atom. The van der Waals surface area contributed by atoms with Crippen molar-refractivity contribution < 1.29 is 14.0 Å². The highest BCUT2D eigenvalue weighted by Gasteiger charge is 2.17. The van der Waals surface area contributed by atoms with Crippen LogP contribution < -0.4 is 10.6 Å². The number of amides is 2. The Morgan fingerprint density at radius 3 is 2.74 bits per heavy atom. The largest absolute Gasteiger partial charge is 0.345 e. The molecular weight excluding hydrogens is 321 g/mol. The highest BCUT2D eigenvalue weighted by molar-refractivity contribution is 5.97. The van der Waals surface area contributed by atoms with Gasteiger partial charge in [0.2, 0.25) is 5.91 Å². The van der Waals surface area contributed by atoms with Gasteiger partial charge in [-0.2, -0.15) is 0 Å². The van der Waals surface area contributed by atoms with Crippen LogP contribution in [-0.4, -0.2) is 43.9 Å². The normalized spacial score (nSPS) is 16.6. The van der Waals surface area contributed by atoms with Crippen LogP contribution in [0.2, 0.25) is 0 Å². The van der Waals surface area contributed by atoms with Gasteiger partial charge >= 0.3 is 0 Å². The summed E-state index contributed by atoms with van der Waals surface area (Å²) in [5, 5.41) is 6.00. The van der Waals surface area contributed by atoms with Crippen molar-refractivity contribution in [3.63, 3.8) is 0 Å². The van der Waals surface area contributed by atoms with Gasteiger partial charge in [-0.3, -0.25) is 9.59 Å². The number of benzene rings is 1. The van der Waals surface area contributed by atoms with Gasteiger partial charge in [0.1, 0.15) is 5.82 Å². The molecule has 7 heteroatoms. The van der Waals surface area contributed by atoms with Gasteiger partial charge in [0, 0.05) is 26.2 Å². The Hall–Kier alpha value is -1.66. The smallest absolute Gasteiger partial charge is 0.256 e. The van der Waals surface area contributed by atoms with Gasteiger partial charge in [-0.15, -0.1) is 12.4 Å². The van der Waals surface area contributed by atoms with E-state index in [2.05, 4.69) is 10.6 Å². The van der Waals surface area contributed by atoms with Crippen molar-refractivity contribution in [3.8, 4) is 0 Å². The first-order valence-corrected chi connectivity index (χ1v) is 7.49. The zero-order valence-corrected chi connectivity index (χ0v) is 14.2. The Labute approximate surface area is 142 Å². The van der Waals surface area contributed by atoms with Crippen molar-refractivity contribution in [1.82, 2.24) is 10.2 Å². The molecule has 1 aliphatic rings. The summed E-state index contributed by atoms with van der Waals surface area (Å²) in [6.45, 7) is 1.98. The number of hydrogen-bond donors (Lipinski definition) is 2. The molecule has 1 saturated heterocycles. The van der Waals surface area contributed by atoms with Crippen LogP contribution in [0.5, 0.6) is 0 Å². The second-order valence-corrected chi connectivity index (χ2v) is 5.84. The lowest BCUT2D eigenvalue weighted by molar-refractivity contribution is -0.116. The lowest BCUT2D eigenvalue weighted by Crippen LogP contribution is -2.23. The number of halogens is 2. The fraction of sp³-hybridized carbons (Fsp3) is 0.500. The van der Waals surface area contributed by atoms with Crippen LogP contribution in [0.4, 0.5) is 10.1 Å². The molecule has 128 valence electrons. The Bertz CT molecular complexity index is 560. The van der Waals surface area contributed by atoms with Crippen LogP contribution in [0.15, 0.2) is 18.2 Å². The van der Waals surface area contributed by atoms with Gasteiger partial charge in [0.15, 0.2) is 0 Å². The monoisotopic (exact) mass is 343 g/mol. The lowest BCUT2D eigenvalue weighted by atomic mass is 10.0. The number of rotatable bonds is 5. The standard InChI is InChI=1S/C16H22FN3O2.ClH/c1-20(2)16(22)13-9-12(4-5-14(13)17)19-15(21)6-3-11-7-8-18-10-11;/h4-5,9,11,18H,3,6-8,10H2,1-2H3,(H,19,21);1H. The second kappa shape index (κ2) is 8.84. The number of carbonyl (C=O) groups excluding carboxylic acids is 2. The zero-order chi connectivity index (χ0) is 16.1. The number of anilines is 1. The summed E-state index contributed by atoms with van der Waals surface area (Å²) in [6.07, 6.45) is 2.37. The minimum absolute atomic E-state index is 0. The third-order valence-corrected chi connectivity index (χ3v) is 3.83. The van der Waals surface area contributed by atoms with Crippen LogP contribution in [-0.2, 0) is 4.79 Å². The van der Waals surface area contributed by atoms with E-state index in [1.807, 2.05) is 0 Å². The first-order valence-electron chi connectivity index (χ1n) is 7.49. The van der Waals surface area contributed by atoms with E-state index >= 15 is 0 Å². The molecule has 0 aliphatic carbocycles. The highest BCUT2D eigenvalue weighted by Crippen LogP contribution is 2.18. The molecule has 0 spiro atoms. The summed E-state index contributed by atoms with van der Waals surface area (Å²) >= 11 is 0. The molecule has 1 unspecified atom stereocenters. The molecule has 23 heavy (non-hydrogen) atoms. The van der Waals surface area contributed by atoms with Gasteiger partial charge < -0.3 is 15.5 Å². The third kappa shape index (κ3) is 5.48. The molecule has 2 N–H and O–H groups in total. The third-order valence-electron chi connectivity index (χ3n) is 3.83. The van der Waals surface area contributed by atoms with Crippen LogP contribution >= 0.6 is 12.4 Å². The van der Waals surface area contributed by atoms with Crippen LogP contribution in [0.1, 0.15) is 29.6 Å². The van der Waals surface area contributed by atoms with Gasteiger partial charge in [-0.05, 0) is 50.0 Å². The van der Waals surface area contributed by atoms with E-state index in [0.717, 1.165) is 25.9 Å². The van der Waals surface area contributed by atoms with E-state index in [1.54, 1.807) is 14.1 Å². The topological polar surface area (TPSA) is 61.4 Å². The molecule has 2 rings (SSSR count). The lowest BCUT2D eigenvalue weighted by Gasteiger charge is -2.13. The summed E-state index contributed by atoms with van der Waals surface area (Å²) in [7, 11) is 3.12. The van der Waals surface area contributed by atoms with E-state index in [-0.39, 0.29) is 23.9 Å². The molecule has 5 nitrogen and oxygen atoms in total. The number of hydrogen-bond acceptors (Lipinski definition) is 3. The van der Waals surface area contributed by atoms with Crippen molar-refractivity contribution in [2.45, 2.75) is 19.3 Å². The molecule has 1 aliphatic heterocycles. The van der Waals surface area contributed by atoms with E-state index in [1.165, 1.54) is 23.1 Å². The fourth-order valence-electron chi connectivity index (χ4n) is 2.53. The molecule has 1 fully saturated rings. The summed E-state index contributed by atoms with van der Waals surface area (Å²) in [6, 6.07) is 4.05. The summed E-state index contributed by atoms with van der Waals surface area (Å²) < 4.78 is 13.7. The quantitative estimate of drug-likeness (QED) is 0.862. The SMILES string of the molecule is CN(C)C(=O)c1cc(NC(=O)CCC2CCNC2)ccc1F.Cl. The van der Waals surface area contributed by atoms with E-state index in [9.17, 15) is 14.0 Å². The van der Waals surface area contributed by atoms with Crippen molar-refractivity contribution in [1.29, 1.82) is 0 Å². The molecule has 1 aromatic rings. The first kappa shape index (κ1) is 19.4. The second-order valence-electron chi connectivity index (χ2n) is 5.84. The molecule has 0 aromatic heterocycles. The van der Waals surface area contributed by atoms with Gasteiger partial charge in [0.05, 0.1) is 5.56 Å². The van der Waals surface area contributed by atoms with E-state index < -0.39 is 11.7 Å².